The van der Waals surface area contributed by atoms with E-state index in [1.165, 1.54) is 0 Å². The number of urea groups is 1. The van der Waals surface area contributed by atoms with Gasteiger partial charge in [0.05, 0.1) is 18.7 Å². The molecule has 180 valence electrons. The molecule has 1 aliphatic rings. The van der Waals surface area contributed by atoms with Crippen LogP contribution >= 0.6 is 11.6 Å². The van der Waals surface area contributed by atoms with Gasteiger partial charge in [0.1, 0.15) is 17.2 Å². The van der Waals surface area contributed by atoms with Gasteiger partial charge in [-0.05, 0) is 31.5 Å². The first-order chi connectivity index (χ1) is 16.9. The maximum absolute atomic E-state index is 13.5. The van der Waals surface area contributed by atoms with Crippen LogP contribution in [-0.4, -0.2) is 48.6 Å². The second-order valence-corrected chi connectivity index (χ2v) is 9.07. The van der Waals surface area contributed by atoms with Crippen LogP contribution in [0.2, 0.25) is 5.02 Å². The van der Waals surface area contributed by atoms with Crippen molar-refractivity contribution >= 4 is 23.3 Å². The summed E-state index contributed by atoms with van der Waals surface area (Å²) < 4.78 is 7.34. The third-order valence-electron chi connectivity index (χ3n) is 6.20. The zero-order valence-corrected chi connectivity index (χ0v) is 20.1. The molecule has 2 atom stereocenters. The molecule has 10 heteroatoms. The number of rotatable bonds is 5. The number of aromatic nitrogens is 4. The smallest absolute Gasteiger partial charge is 0.322 e. The summed E-state index contributed by atoms with van der Waals surface area (Å²) in [7, 11) is 0. The standard InChI is InChI=1S/C25H25ClN6O3/c1-15-22(23(30-35-15)18-6-4-3-5-7-18)27-25(34)32-14-20(33)12-21(32)24-29-28-16(2)31(24)13-17-8-10-19(26)11-9-17/h3-11,20-21,33H,12-14H2,1-2H3,(H,27,34)/t20-,21+/m0/s1. The van der Waals surface area contributed by atoms with Crippen molar-refractivity contribution in [1.29, 1.82) is 0 Å². The van der Waals surface area contributed by atoms with Gasteiger partial charge in [-0.2, -0.15) is 0 Å². The summed E-state index contributed by atoms with van der Waals surface area (Å²) in [6.45, 7) is 4.32. The molecule has 2 aromatic carbocycles. The molecule has 1 aliphatic heterocycles. The predicted molar refractivity (Wildman–Crippen MR) is 131 cm³/mol. The van der Waals surface area contributed by atoms with Crippen molar-refractivity contribution in [3.05, 3.63) is 82.6 Å². The lowest BCUT2D eigenvalue weighted by Crippen LogP contribution is -2.36. The number of aliphatic hydroxyl groups is 1. The van der Waals surface area contributed by atoms with Crippen molar-refractivity contribution in [2.24, 2.45) is 0 Å². The minimum atomic E-state index is -0.677. The second kappa shape index (κ2) is 9.52. The third-order valence-corrected chi connectivity index (χ3v) is 6.45. The Balaban J connectivity index is 1.42. The van der Waals surface area contributed by atoms with E-state index in [0.717, 1.165) is 17.0 Å². The molecule has 2 amide bonds. The molecule has 5 rings (SSSR count). The number of likely N-dealkylation sites (tertiary alicyclic amines) is 1. The highest BCUT2D eigenvalue weighted by Gasteiger charge is 2.39. The number of benzene rings is 2. The van der Waals surface area contributed by atoms with Crippen molar-refractivity contribution < 1.29 is 14.4 Å². The number of nitrogens with zero attached hydrogens (tertiary/aromatic N) is 5. The molecule has 1 saturated heterocycles. The molecule has 0 radical (unpaired) electrons. The number of anilines is 1. The summed E-state index contributed by atoms with van der Waals surface area (Å²) in [6, 6.07) is 16.2. The minimum Gasteiger partial charge on any atom is -0.391 e. The lowest BCUT2D eigenvalue weighted by molar-refractivity contribution is 0.175. The van der Waals surface area contributed by atoms with Crippen molar-refractivity contribution in [1.82, 2.24) is 24.8 Å². The SMILES string of the molecule is Cc1onc(-c2ccccc2)c1NC(=O)N1C[C@@H](O)C[C@@H]1c1nnc(C)n1Cc1ccc(Cl)cc1. The fourth-order valence-electron chi connectivity index (χ4n) is 4.39. The molecule has 3 heterocycles. The number of aryl methyl sites for hydroxylation is 2. The molecule has 0 spiro atoms. The van der Waals surface area contributed by atoms with E-state index < -0.39 is 12.1 Å². The van der Waals surface area contributed by atoms with Crippen LogP contribution in [0.15, 0.2) is 59.1 Å². The molecule has 0 aliphatic carbocycles. The summed E-state index contributed by atoms with van der Waals surface area (Å²) in [6.07, 6.45) is -0.316. The molecular weight excluding hydrogens is 468 g/mol. The topological polar surface area (TPSA) is 109 Å². The van der Waals surface area contributed by atoms with E-state index in [1.54, 1.807) is 11.8 Å². The van der Waals surface area contributed by atoms with Crippen LogP contribution in [0.4, 0.5) is 10.5 Å². The summed E-state index contributed by atoms with van der Waals surface area (Å²) in [5, 5.41) is 26.9. The Bertz CT molecular complexity index is 1340. The molecule has 2 aromatic heterocycles. The lowest BCUT2D eigenvalue weighted by Gasteiger charge is -2.24. The monoisotopic (exact) mass is 492 g/mol. The lowest BCUT2D eigenvalue weighted by atomic mass is 10.1. The van der Waals surface area contributed by atoms with E-state index in [-0.39, 0.29) is 12.6 Å². The molecule has 0 bridgehead atoms. The molecule has 35 heavy (non-hydrogen) atoms. The maximum atomic E-state index is 13.5. The quantitative estimate of drug-likeness (QED) is 0.421. The van der Waals surface area contributed by atoms with Crippen LogP contribution in [0.25, 0.3) is 11.3 Å². The number of nitrogens with one attached hydrogen (secondary N) is 1. The fourth-order valence-corrected chi connectivity index (χ4v) is 4.51. The second-order valence-electron chi connectivity index (χ2n) is 8.63. The highest BCUT2D eigenvalue weighted by atomic mass is 35.5. The van der Waals surface area contributed by atoms with E-state index in [2.05, 4.69) is 20.7 Å². The largest absolute Gasteiger partial charge is 0.391 e. The molecule has 1 fully saturated rings. The van der Waals surface area contributed by atoms with Crippen LogP contribution in [0.3, 0.4) is 0 Å². The van der Waals surface area contributed by atoms with Gasteiger partial charge in [0.15, 0.2) is 11.6 Å². The van der Waals surface area contributed by atoms with Gasteiger partial charge in [-0.1, -0.05) is 59.2 Å². The highest BCUT2D eigenvalue weighted by Crippen LogP contribution is 2.35. The highest BCUT2D eigenvalue weighted by molar-refractivity contribution is 6.30. The summed E-state index contributed by atoms with van der Waals surface area (Å²) in [5.41, 5.74) is 2.91. The Kier molecular flexibility index (Phi) is 6.27. The number of amides is 2. The van der Waals surface area contributed by atoms with Crippen LogP contribution in [0, 0.1) is 13.8 Å². The van der Waals surface area contributed by atoms with Gasteiger partial charge in [-0.3, -0.25) is 0 Å². The average molecular weight is 493 g/mol. The van der Waals surface area contributed by atoms with Gasteiger partial charge in [0.25, 0.3) is 0 Å². The Labute approximate surface area is 207 Å². The third kappa shape index (κ3) is 4.65. The number of β-amino-alcohol motifs (C(OH)–C–C–N with tert-alkyl or cyclic N) is 1. The molecule has 0 unspecified atom stereocenters. The Morgan fingerprint density at radius 2 is 1.89 bits per heavy atom. The fraction of sp³-hybridized carbons (Fsp3) is 0.280. The van der Waals surface area contributed by atoms with E-state index >= 15 is 0 Å². The number of hydrogen-bond donors (Lipinski definition) is 2. The van der Waals surface area contributed by atoms with Crippen molar-refractivity contribution in [3.8, 4) is 11.3 Å². The first kappa shape index (κ1) is 23.1. The van der Waals surface area contributed by atoms with E-state index in [0.29, 0.717) is 41.0 Å². The van der Waals surface area contributed by atoms with Gasteiger partial charge in [-0.15, -0.1) is 10.2 Å². The first-order valence-corrected chi connectivity index (χ1v) is 11.7. The molecule has 4 aromatic rings. The number of carbonyl (C=O) groups excluding carboxylic acids is 1. The molecule has 0 saturated carbocycles. The van der Waals surface area contributed by atoms with Crippen LogP contribution < -0.4 is 5.32 Å². The Morgan fingerprint density at radius 1 is 1.14 bits per heavy atom. The molecule has 2 N–H and O–H groups in total. The molecule has 9 nitrogen and oxygen atoms in total. The van der Waals surface area contributed by atoms with Crippen LogP contribution in [-0.2, 0) is 6.54 Å². The molecular formula is C25H25ClN6O3. The minimum absolute atomic E-state index is 0.175. The predicted octanol–water partition coefficient (Wildman–Crippen LogP) is 4.59. The Hall–Kier alpha value is -3.69. The van der Waals surface area contributed by atoms with Crippen molar-refractivity contribution in [3.63, 3.8) is 0 Å². The Morgan fingerprint density at radius 3 is 2.63 bits per heavy atom. The summed E-state index contributed by atoms with van der Waals surface area (Å²) in [4.78, 5) is 15.0. The van der Waals surface area contributed by atoms with Crippen molar-refractivity contribution in [2.75, 3.05) is 11.9 Å². The summed E-state index contributed by atoms with van der Waals surface area (Å²) >= 11 is 6.03. The van der Waals surface area contributed by atoms with Gasteiger partial charge < -0.3 is 24.4 Å². The number of halogens is 1. The number of carbonyl (C=O) groups is 1. The van der Waals surface area contributed by atoms with E-state index in [1.807, 2.05) is 66.1 Å². The van der Waals surface area contributed by atoms with Crippen LogP contribution in [0.5, 0.6) is 0 Å². The average Bonchev–Trinajstić information content (AvgIpc) is 3.53. The zero-order chi connectivity index (χ0) is 24.5. The first-order valence-electron chi connectivity index (χ1n) is 11.3. The van der Waals surface area contributed by atoms with E-state index in [4.69, 9.17) is 16.1 Å². The maximum Gasteiger partial charge on any atom is 0.322 e. The van der Waals surface area contributed by atoms with Crippen molar-refractivity contribution in [2.45, 2.75) is 39.0 Å². The summed E-state index contributed by atoms with van der Waals surface area (Å²) in [5.74, 6) is 1.84. The number of hydrogen-bond acceptors (Lipinski definition) is 6. The van der Waals surface area contributed by atoms with E-state index in [9.17, 15) is 9.90 Å². The van der Waals surface area contributed by atoms with Gasteiger partial charge in [-0.25, -0.2) is 4.79 Å². The van der Waals surface area contributed by atoms with Crippen LogP contribution in [0.1, 0.15) is 35.4 Å². The van der Waals surface area contributed by atoms with Gasteiger partial charge in [0.2, 0.25) is 0 Å². The van der Waals surface area contributed by atoms with Gasteiger partial charge >= 0.3 is 6.03 Å². The normalized spacial score (nSPS) is 17.7. The zero-order valence-electron chi connectivity index (χ0n) is 19.3. The number of aliphatic hydroxyl groups excluding tert-OH is 1. The van der Waals surface area contributed by atoms with Gasteiger partial charge in [0, 0.05) is 23.6 Å².